The van der Waals surface area contributed by atoms with Crippen molar-refractivity contribution in [1.82, 2.24) is 4.98 Å². The van der Waals surface area contributed by atoms with Gasteiger partial charge in [-0.25, -0.2) is 8.78 Å². The van der Waals surface area contributed by atoms with Crippen LogP contribution in [0.5, 0.6) is 0 Å². The van der Waals surface area contributed by atoms with Gasteiger partial charge >= 0.3 is 12.5 Å². The van der Waals surface area contributed by atoms with Crippen LogP contribution in [-0.4, -0.2) is 34.7 Å². The molecule has 0 saturated carbocycles. The van der Waals surface area contributed by atoms with Crippen molar-refractivity contribution in [2.75, 3.05) is 11.5 Å². The van der Waals surface area contributed by atoms with Crippen molar-refractivity contribution >= 4 is 17.5 Å². The lowest BCUT2D eigenvalue weighted by Gasteiger charge is -2.15. The molecule has 0 aliphatic carbocycles. The number of halogens is 4. The number of aliphatic imine (C=N–C) groups is 1. The SMILES string of the molecule is C=C/C=C\N=C(/CSCC)c1ccc(COC(F)(F)C(F)F)cn1. The van der Waals surface area contributed by atoms with E-state index < -0.39 is 19.1 Å². The topological polar surface area (TPSA) is 34.5 Å². The van der Waals surface area contributed by atoms with Gasteiger partial charge in [0.1, 0.15) is 0 Å². The number of hydrogen-bond acceptors (Lipinski definition) is 4. The second kappa shape index (κ2) is 10.2. The number of hydrogen-bond donors (Lipinski definition) is 0. The quantitative estimate of drug-likeness (QED) is 0.344. The van der Waals surface area contributed by atoms with E-state index in [1.165, 1.54) is 12.3 Å². The third-order valence-corrected chi connectivity index (χ3v) is 3.59. The number of aromatic nitrogens is 1. The van der Waals surface area contributed by atoms with Gasteiger partial charge in [-0.2, -0.15) is 20.5 Å². The molecule has 0 radical (unpaired) electrons. The Balaban J connectivity index is 2.80. The molecular formula is C16H18F4N2OS. The molecule has 132 valence electrons. The standard InChI is InChI=1S/C16H18F4N2OS/c1-3-5-8-21-14(11-24-4-2)13-7-6-12(9-22-13)10-23-16(19,20)15(17)18/h3,5-9,15H,1,4,10-11H2,2H3/b8-5-,21-14+. The molecule has 0 aromatic carbocycles. The average molecular weight is 362 g/mol. The number of thioether (sulfide) groups is 1. The Kier molecular flexibility index (Phi) is 8.70. The highest BCUT2D eigenvalue weighted by atomic mass is 32.2. The lowest BCUT2D eigenvalue weighted by molar-refractivity contribution is -0.305. The fourth-order valence-electron chi connectivity index (χ4n) is 1.49. The van der Waals surface area contributed by atoms with E-state index >= 15 is 0 Å². The van der Waals surface area contributed by atoms with Crippen LogP contribution in [0, 0.1) is 0 Å². The van der Waals surface area contributed by atoms with E-state index in [2.05, 4.69) is 21.3 Å². The molecule has 24 heavy (non-hydrogen) atoms. The second-order valence-electron chi connectivity index (χ2n) is 4.49. The zero-order valence-electron chi connectivity index (χ0n) is 13.1. The molecule has 0 aliphatic rings. The summed E-state index contributed by atoms with van der Waals surface area (Å²) in [7, 11) is 0. The van der Waals surface area contributed by atoms with Gasteiger partial charge in [0.2, 0.25) is 0 Å². The molecule has 3 nitrogen and oxygen atoms in total. The summed E-state index contributed by atoms with van der Waals surface area (Å²) in [5, 5.41) is 0. The molecule has 8 heteroatoms. The summed E-state index contributed by atoms with van der Waals surface area (Å²) in [5.74, 6) is 1.53. The van der Waals surface area contributed by atoms with Crippen molar-refractivity contribution in [2.45, 2.75) is 26.1 Å². The maximum absolute atomic E-state index is 12.7. The summed E-state index contributed by atoms with van der Waals surface area (Å²) in [4.78, 5) is 8.43. The van der Waals surface area contributed by atoms with Gasteiger partial charge in [-0.1, -0.05) is 25.6 Å². The molecule has 1 aromatic rings. The average Bonchev–Trinajstić information content (AvgIpc) is 2.56. The summed E-state index contributed by atoms with van der Waals surface area (Å²) in [5.41, 5.74) is 1.56. The Morgan fingerprint density at radius 3 is 2.75 bits per heavy atom. The van der Waals surface area contributed by atoms with Crippen molar-refractivity contribution in [1.29, 1.82) is 0 Å². The smallest absolute Gasteiger partial charge is 0.311 e. The van der Waals surface area contributed by atoms with E-state index in [4.69, 9.17) is 0 Å². The highest BCUT2D eigenvalue weighted by molar-refractivity contribution is 7.99. The monoisotopic (exact) mass is 362 g/mol. The molecule has 0 unspecified atom stereocenters. The Labute approximate surface area is 142 Å². The van der Waals surface area contributed by atoms with Crippen LogP contribution in [0.25, 0.3) is 0 Å². The molecule has 0 bridgehead atoms. The predicted molar refractivity (Wildman–Crippen MR) is 88.9 cm³/mol. The van der Waals surface area contributed by atoms with Gasteiger partial charge in [-0.05, 0) is 23.5 Å². The zero-order chi connectivity index (χ0) is 18.0. The molecule has 0 amide bonds. The van der Waals surface area contributed by atoms with Crippen LogP contribution in [0.15, 0.2) is 48.3 Å². The molecule has 0 N–H and O–H groups in total. The molecule has 0 atom stereocenters. The summed E-state index contributed by atoms with van der Waals surface area (Å²) in [6.07, 6.45) is -2.19. The lowest BCUT2D eigenvalue weighted by Crippen LogP contribution is -2.29. The first-order valence-corrected chi connectivity index (χ1v) is 8.23. The van der Waals surface area contributed by atoms with Crippen molar-refractivity contribution in [3.05, 3.63) is 54.5 Å². The van der Waals surface area contributed by atoms with Crippen LogP contribution < -0.4 is 0 Å². The largest absolute Gasteiger partial charge is 0.416 e. The van der Waals surface area contributed by atoms with Gasteiger partial charge in [-0.3, -0.25) is 9.98 Å². The van der Waals surface area contributed by atoms with Crippen LogP contribution in [0.3, 0.4) is 0 Å². The predicted octanol–water partition coefficient (Wildman–Crippen LogP) is 4.70. The second-order valence-corrected chi connectivity index (χ2v) is 5.77. The third kappa shape index (κ3) is 6.84. The van der Waals surface area contributed by atoms with E-state index in [0.717, 1.165) is 5.75 Å². The maximum atomic E-state index is 12.7. The van der Waals surface area contributed by atoms with Gasteiger partial charge in [-0.15, -0.1) is 0 Å². The molecule has 1 heterocycles. The number of rotatable bonds is 10. The first kappa shape index (κ1) is 20.4. The summed E-state index contributed by atoms with van der Waals surface area (Å²) in [6, 6.07) is 3.09. The molecule has 0 saturated heterocycles. The number of ether oxygens (including phenoxy) is 1. The Bertz CT molecular complexity index is 574. The van der Waals surface area contributed by atoms with E-state index in [-0.39, 0.29) is 5.56 Å². The number of nitrogens with zero attached hydrogens (tertiary/aromatic N) is 2. The molecule has 1 aromatic heterocycles. The number of allylic oxidation sites excluding steroid dienone is 2. The van der Waals surface area contributed by atoms with E-state index in [9.17, 15) is 17.6 Å². The highest BCUT2D eigenvalue weighted by Gasteiger charge is 2.42. The highest BCUT2D eigenvalue weighted by Crippen LogP contribution is 2.25. The van der Waals surface area contributed by atoms with Crippen molar-refractivity contribution in [3.8, 4) is 0 Å². The van der Waals surface area contributed by atoms with Gasteiger partial charge < -0.3 is 4.74 Å². The van der Waals surface area contributed by atoms with Gasteiger partial charge in [0.05, 0.1) is 18.0 Å². The van der Waals surface area contributed by atoms with Crippen LogP contribution in [-0.2, 0) is 11.3 Å². The van der Waals surface area contributed by atoms with Crippen molar-refractivity contribution in [3.63, 3.8) is 0 Å². The van der Waals surface area contributed by atoms with Gasteiger partial charge in [0, 0.05) is 18.1 Å². The fourth-order valence-corrected chi connectivity index (χ4v) is 2.11. The molecule has 0 spiro atoms. The summed E-state index contributed by atoms with van der Waals surface area (Å²) in [6.45, 7) is 4.91. The zero-order valence-corrected chi connectivity index (χ0v) is 13.9. The number of pyridine rings is 1. The van der Waals surface area contributed by atoms with Crippen molar-refractivity contribution < 1.29 is 22.3 Å². The lowest BCUT2D eigenvalue weighted by atomic mass is 10.2. The minimum Gasteiger partial charge on any atom is -0.311 e. The van der Waals surface area contributed by atoms with Crippen LogP contribution in [0.2, 0.25) is 0 Å². The van der Waals surface area contributed by atoms with Crippen LogP contribution in [0.1, 0.15) is 18.2 Å². The van der Waals surface area contributed by atoms with E-state index in [0.29, 0.717) is 17.2 Å². The fraction of sp³-hybridized carbons (Fsp3) is 0.375. The third-order valence-electron chi connectivity index (χ3n) is 2.70. The van der Waals surface area contributed by atoms with Crippen LogP contribution in [0.4, 0.5) is 17.6 Å². The molecule has 0 fully saturated rings. The Morgan fingerprint density at radius 1 is 1.46 bits per heavy atom. The number of alkyl halides is 4. The maximum Gasteiger partial charge on any atom is 0.416 e. The Morgan fingerprint density at radius 2 is 2.21 bits per heavy atom. The van der Waals surface area contributed by atoms with Crippen LogP contribution >= 0.6 is 11.8 Å². The minimum absolute atomic E-state index is 0.267. The van der Waals surface area contributed by atoms with Gasteiger partial charge in [0.15, 0.2) is 0 Å². The van der Waals surface area contributed by atoms with E-state index in [1.807, 2.05) is 6.92 Å². The first-order chi connectivity index (χ1) is 11.4. The molecule has 0 aliphatic heterocycles. The molecular weight excluding hydrogens is 344 g/mol. The van der Waals surface area contributed by atoms with Crippen molar-refractivity contribution in [2.24, 2.45) is 4.99 Å². The molecule has 1 rings (SSSR count). The van der Waals surface area contributed by atoms with E-state index in [1.54, 1.807) is 36.2 Å². The summed E-state index contributed by atoms with van der Waals surface area (Å²) >= 11 is 1.65. The normalized spacial score (nSPS) is 13.0. The minimum atomic E-state index is -4.47. The first-order valence-electron chi connectivity index (χ1n) is 7.08. The summed E-state index contributed by atoms with van der Waals surface area (Å²) < 4.78 is 53.4. The van der Waals surface area contributed by atoms with Gasteiger partial charge in [0.25, 0.3) is 0 Å². The Hall–Kier alpha value is -1.67.